The van der Waals surface area contributed by atoms with Gasteiger partial charge >= 0.3 is 43.3 Å². The molecule has 6 aromatic carbocycles. The third-order valence-electron chi connectivity index (χ3n) is 12.2. The minimum absolute atomic E-state index is 0. The average Bonchev–Trinajstić information content (AvgIpc) is 1.74. The Bertz CT molecular complexity index is 3840. The number of ether oxygens (including phenoxy) is 9. The van der Waals surface area contributed by atoms with Crippen molar-refractivity contribution < 1.29 is 143 Å². The standard InChI is InChI=1S/2C12H12O.2C11H15NO3.C11H10O.C10H12O4.3C2H6O.3CH3NO2.CH5N.3CO2.Li.H2O/c2*1-9-8-12(13-10(9)2)11-6-4-3-5-7-11;2*1-12-11(13)7-8-4-5-9(14-2)10(6-8)15-3;1-9-7-8-11(12-9)10-5-3-2-4-6-10;1-13-8-4-3-7(6-10(11)12)5-9(8)14-2;3*1-3-2;3*1-2(3)4;1-2;3*2-1-3;;/h2*3-8H,1-2H3;2*4-6H,7H2,1-3H3,(H,12,13);2-8H,1H3;3-5H,6H2,1-2H3,(H,11,12);3*1-2H3;3*1H3;2H2,1H3;;;;;1H2/q;;;;;;;;;;;;;;;;+1;/p-1. The van der Waals surface area contributed by atoms with E-state index in [1.807, 2.05) is 112 Å². The van der Waals surface area contributed by atoms with Crippen LogP contribution < -0.4 is 63.6 Å². The zero-order valence-electron chi connectivity index (χ0n) is 70.1. The van der Waals surface area contributed by atoms with E-state index in [0.29, 0.717) is 52.9 Å². The molecule has 0 aliphatic heterocycles. The molecule has 0 spiro atoms. The fourth-order valence-electron chi connectivity index (χ4n) is 7.52. The number of furan rings is 3. The van der Waals surface area contributed by atoms with Gasteiger partial charge in [0.05, 0.1) is 61.9 Å². The first-order valence-electron chi connectivity index (χ1n) is 32.8. The van der Waals surface area contributed by atoms with Crippen molar-refractivity contribution in [2.75, 3.05) is 128 Å². The number of nitro groups is 3. The SMILES string of the molecule is CN.CNC(=O)Cc1ccc(OC)c(OC)c1.CNC(=O)Cc1ccc(OC)c(OC)c1.COC.COC.COC.COc1ccc(CC(=O)O)cc1OC.C[N+](=O)[O-].C[N+](=O)[O-].C[N+](=O)[O-].Cc1cc(-c2ccccc2)oc1C.Cc1cc(-c2ccccc2)oc1C.Cc1ccc(-c2ccccc2)o1.O=C=O.O=C=O.O=C=O.[Li+].[OH-]. The zero-order chi connectivity index (χ0) is 89.0. The fourth-order valence-corrected chi connectivity index (χ4v) is 7.52. The van der Waals surface area contributed by atoms with Crippen molar-refractivity contribution in [1.82, 2.24) is 10.6 Å². The maximum Gasteiger partial charge on any atom is 1.00 e. The summed E-state index contributed by atoms with van der Waals surface area (Å²) in [5, 5.41) is 40.1. The van der Waals surface area contributed by atoms with Crippen LogP contribution in [0.4, 0.5) is 0 Å². The number of hydrogen-bond donors (Lipinski definition) is 4. The van der Waals surface area contributed by atoms with Crippen LogP contribution in [0.15, 0.2) is 183 Å². The third kappa shape index (κ3) is 66.9. The van der Waals surface area contributed by atoms with Crippen LogP contribution in [-0.2, 0) is 76.6 Å². The molecule has 35 nitrogen and oxygen atoms in total. The van der Waals surface area contributed by atoms with Gasteiger partial charge in [-0.15, -0.1) is 0 Å². The number of nitrogens with zero attached hydrogens (tertiary/aromatic N) is 3. The van der Waals surface area contributed by atoms with Gasteiger partial charge in [-0.05, 0) is 130 Å². The summed E-state index contributed by atoms with van der Waals surface area (Å²) in [5.41, 5.74) is 12.8. The van der Waals surface area contributed by atoms with Crippen LogP contribution in [0.1, 0.15) is 45.1 Å². The van der Waals surface area contributed by atoms with E-state index in [0.717, 1.165) is 83.5 Å². The molecule has 0 unspecified atom stereocenters. The van der Waals surface area contributed by atoms with Gasteiger partial charge in [0.25, 0.3) is 0 Å². The van der Waals surface area contributed by atoms with Crippen molar-refractivity contribution in [2.45, 2.75) is 53.9 Å². The van der Waals surface area contributed by atoms with Gasteiger partial charge in [-0.25, -0.2) is 0 Å². The molecule has 2 amide bonds. The number of likely N-dealkylation sites (N-methyl/N-ethyl adjacent to an activating group) is 2. The summed E-state index contributed by atoms with van der Waals surface area (Å²) in [5.74, 6) is 8.63. The largest absolute Gasteiger partial charge is 1.00 e. The van der Waals surface area contributed by atoms with Gasteiger partial charge in [0.1, 0.15) is 34.6 Å². The molecular weight excluding hydrogens is 1520 g/mol. The van der Waals surface area contributed by atoms with Gasteiger partial charge in [0.15, 0.2) is 55.6 Å². The number of methoxy groups -OCH3 is 9. The molecule has 0 atom stereocenters. The van der Waals surface area contributed by atoms with E-state index in [2.05, 4.69) is 80.8 Å². The van der Waals surface area contributed by atoms with Crippen molar-refractivity contribution in [3.8, 4) is 68.5 Å². The van der Waals surface area contributed by atoms with Crippen LogP contribution in [0.25, 0.3) is 34.0 Å². The average molecular weight is 1630 g/mol. The van der Waals surface area contributed by atoms with E-state index in [4.69, 9.17) is 106 Å². The predicted octanol–water partition coefficient (Wildman–Crippen LogP) is 8.82. The second-order valence-electron chi connectivity index (χ2n) is 20.8. The van der Waals surface area contributed by atoms with Crippen molar-refractivity contribution in [2.24, 2.45) is 5.73 Å². The van der Waals surface area contributed by atoms with Crippen molar-refractivity contribution >= 4 is 36.2 Å². The molecule has 36 heteroatoms. The second-order valence-corrected chi connectivity index (χ2v) is 20.8. The number of rotatable bonds is 15. The smallest absolute Gasteiger partial charge is 0.870 e. The first-order valence-corrected chi connectivity index (χ1v) is 32.8. The number of carbonyl (C=O) groups excluding carboxylic acids is 8. The molecule has 0 bridgehead atoms. The van der Waals surface area contributed by atoms with E-state index in [1.54, 1.807) is 128 Å². The first kappa shape index (κ1) is 121. The summed E-state index contributed by atoms with van der Waals surface area (Å²) in [6.45, 7) is 10.0. The summed E-state index contributed by atoms with van der Waals surface area (Å²) >= 11 is 0. The van der Waals surface area contributed by atoms with Gasteiger partial charge in [-0.3, -0.25) is 44.7 Å². The number of carboxylic acids is 1. The van der Waals surface area contributed by atoms with Gasteiger partial charge in [-0.1, -0.05) is 109 Å². The summed E-state index contributed by atoms with van der Waals surface area (Å²) < 4.78 is 59.9. The molecule has 9 rings (SSSR count). The van der Waals surface area contributed by atoms with Gasteiger partial charge in [0.2, 0.25) is 11.8 Å². The number of aliphatic carboxylic acids is 1. The Balaban J connectivity index is -0.000000157. The third-order valence-corrected chi connectivity index (χ3v) is 12.2. The molecule has 116 heavy (non-hydrogen) atoms. The molecular formula is C80H109LiN6O29. The van der Waals surface area contributed by atoms with E-state index in [-0.39, 0.29) is 61.0 Å². The molecule has 9 aromatic rings. The molecule has 0 saturated heterocycles. The van der Waals surface area contributed by atoms with Gasteiger partial charge in [0, 0.05) is 88.2 Å². The van der Waals surface area contributed by atoms with E-state index in [9.17, 15) is 14.4 Å². The molecule has 6 N–H and O–H groups in total. The predicted molar refractivity (Wildman–Crippen MR) is 426 cm³/mol. The van der Waals surface area contributed by atoms with Crippen LogP contribution in [0.5, 0.6) is 34.5 Å². The summed E-state index contributed by atoms with van der Waals surface area (Å²) in [6, 6.07) is 54.4. The Hall–Kier alpha value is -12.9. The van der Waals surface area contributed by atoms with Crippen LogP contribution in [-0.4, -0.2) is 189 Å². The molecule has 0 radical (unpaired) electrons. The minimum atomic E-state index is -0.864. The molecule has 3 aromatic heterocycles. The number of nitrogens with two attached hydrogens (primary N) is 1. The summed E-state index contributed by atoms with van der Waals surface area (Å²) in [7, 11) is 26.5. The second kappa shape index (κ2) is 81.6. The molecule has 3 heterocycles. The summed E-state index contributed by atoms with van der Waals surface area (Å²) in [6.07, 6.45) is 1.42. The van der Waals surface area contributed by atoms with Crippen LogP contribution >= 0.6 is 0 Å². The zero-order valence-corrected chi connectivity index (χ0v) is 70.1. The van der Waals surface area contributed by atoms with Crippen molar-refractivity contribution in [3.05, 3.63) is 245 Å². The van der Waals surface area contributed by atoms with Crippen molar-refractivity contribution in [3.63, 3.8) is 0 Å². The molecule has 0 aliphatic rings. The maximum atomic E-state index is 11.2. The quantitative estimate of drug-likeness (QED) is 0.0423. The van der Waals surface area contributed by atoms with Crippen LogP contribution in [0.3, 0.4) is 0 Å². The number of aryl methyl sites for hydroxylation is 5. The molecule has 0 aliphatic carbocycles. The Kier molecular flexibility index (Phi) is 85.4. The van der Waals surface area contributed by atoms with Crippen LogP contribution in [0.2, 0.25) is 0 Å². The maximum absolute atomic E-state index is 11.2. The van der Waals surface area contributed by atoms with Crippen LogP contribution in [0, 0.1) is 65.0 Å². The normalized spacial score (nSPS) is 8.34. The van der Waals surface area contributed by atoms with Gasteiger partial charge in [-0.2, -0.15) is 28.8 Å². The minimum Gasteiger partial charge on any atom is -0.870 e. The fraction of sp³-hybridized carbons (Fsp3) is 0.325. The van der Waals surface area contributed by atoms with Gasteiger partial charge < -0.3 is 82.8 Å². The number of amides is 2. The Morgan fingerprint density at radius 1 is 0.388 bits per heavy atom. The Labute approximate surface area is 687 Å². The number of hydrogen-bond acceptors (Lipinski definition) is 29. The monoisotopic (exact) mass is 1620 g/mol. The van der Waals surface area contributed by atoms with E-state index >= 15 is 0 Å². The number of nitrogens with one attached hydrogen (secondary N) is 2. The number of carbonyl (C=O) groups is 3. The van der Waals surface area contributed by atoms with Crippen molar-refractivity contribution in [1.29, 1.82) is 0 Å². The first-order chi connectivity index (χ1) is 54.2. The van der Waals surface area contributed by atoms with E-state index in [1.165, 1.54) is 32.4 Å². The molecule has 0 saturated carbocycles. The molecule has 0 fully saturated rings. The Morgan fingerprint density at radius 3 is 0.793 bits per heavy atom. The molecule has 634 valence electrons. The topological polar surface area (TPSA) is 506 Å². The summed E-state index contributed by atoms with van der Waals surface area (Å²) in [4.78, 5) is 106. The Morgan fingerprint density at radius 2 is 0.612 bits per heavy atom. The number of carboxylic acid groups (broad SMARTS) is 1. The number of benzene rings is 6. The van der Waals surface area contributed by atoms with E-state index < -0.39 is 20.7 Å².